The van der Waals surface area contributed by atoms with E-state index in [9.17, 15) is 13.2 Å². The van der Waals surface area contributed by atoms with E-state index in [0.717, 1.165) is 0 Å². The summed E-state index contributed by atoms with van der Waals surface area (Å²) in [6.07, 6.45) is 0.165. The van der Waals surface area contributed by atoms with E-state index in [2.05, 4.69) is 4.72 Å². The number of amides is 1. The fraction of sp³-hybridized carbons (Fsp3) is 0.462. The van der Waals surface area contributed by atoms with E-state index >= 15 is 0 Å². The summed E-state index contributed by atoms with van der Waals surface area (Å²) < 4.78 is 26.1. The first-order chi connectivity index (χ1) is 8.12. The SMILES string of the molecule is Cc1ccccc1S(=O)(=O)NC(=O)CC(C)(C)C. The lowest BCUT2D eigenvalue weighted by Crippen LogP contribution is -2.33. The Morgan fingerprint density at radius 2 is 1.78 bits per heavy atom. The van der Waals surface area contributed by atoms with Crippen LogP contribution in [0.4, 0.5) is 0 Å². The summed E-state index contributed by atoms with van der Waals surface area (Å²) in [6, 6.07) is 6.58. The molecule has 1 aromatic carbocycles. The highest BCUT2D eigenvalue weighted by Crippen LogP contribution is 2.19. The molecule has 100 valence electrons. The van der Waals surface area contributed by atoms with Gasteiger partial charge in [-0.1, -0.05) is 39.0 Å². The second kappa shape index (κ2) is 5.10. The van der Waals surface area contributed by atoms with Crippen LogP contribution < -0.4 is 4.72 Å². The van der Waals surface area contributed by atoms with Gasteiger partial charge in [0.1, 0.15) is 0 Å². The number of carbonyl (C=O) groups is 1. The average Bonchev–Trinajstić information content (AvgIpc) is 2.13. The lowest BCUT2D eigenvalue weighted by atomic mass is 9.92. The predicted octanol–water partition coefficient (Wildman–Crippen LogP) is 2.24. The number of aryl methyl sites for hydroxylation is 1. The number of sulfonamides is 1. The van der Waals surface area contributed by atoms with E-state index in [1.807, 2.05) is 20.8 Å². The molecule has 0 bridgehead atoms. The molecular weight excluding hydrogens is 250 g/mol. The van der Waals surface area contributed by atoms with E-state index < -0.39 is 15.9 Å². The molecule has 0 aromatic heterocycles. The maximum atomic E-state index is 12.0. The number of hydrogen-bond acceptors (Lipinski definition) is 3. The maximum Gasteiger partial charge on any atom is 0.264 e. The van der Waals surface area contributed by atoms with Crippen LogP contribution in [0.3, 0.4) is 0 Å². The van der Waals surface area contributed by atoms with Crippen molar-refractivity contribution in [2.75, 3.05) is 0 Å². The smallest absolute Gasteiger partial charge is 0.264 e. The lowest BCUT2D eigenvalue weighted by Gasteiger charge is -2.17. The van der Waals surface area contributed by atoms with Crippen LogP contribution in [-0.4, -0.2) is 14.3 Å². The molecule has 5 heteroatoms. The van der Waals surface area contributed by atoms with Gasteiger partial charge in [-0.15, -0.1) is 0 Å². The minimum absolute atomic E-state index is 0.146. The van der Waals surface area contributed by atoms with Crippen molar-refractivity contribution in [1.82, 2.24) is 4.72 Å². The van der Waals surface area contributed by atoms with Crippen LogP contribution in [0.5, 0.6) is 0 Å². The molecule has 0 unspecified atom stereocenters. The molecular formula is C13H19NO3S. The van der Waals surface area contributed by atoms with Crippen LogP contribution in [0.2, 0.25) is 0 Å². The minimum atomic E-state index is -3.76. The molecule has 0 heterocycles. The van der Waals surface area contributed by atoms with Crippen LogP contribution in [0.25, 0.3) is 0 Å². The monoisotopic (exact) mass is 269 g/mol. The van der Waals surface area contributed by atoms with Crippen LogP contribution >= 0.6 is 0 Å². The summed E-state index contributed by atoms with van der Waals surface area (Å²) in [5.74, 6) is -0.481. The molecule has 0 aliphatic heterocycles. The van der Waals surface area contributed by atoms with Crippen molar-refractivity contribution in [3.63, 3.8) is 0 Å². The first-order valence-corrected chi connectivity index (χ1v) is 7.21. The Bertz CT molecular complexity index is 542. The first kappa shape index (κ1) is 14.7. The van der Waals surface area contributed by atoms with Crippen molar-refractivity contribution in [2.45, 2.75) is 39.0 Å². The summed E-state index contributed by atoms with van der Waals surface area (Å²) in [5, 5.41) is 0. The zero-order valence-electron chi connectivity index (χ0n) is 11.1. The molecule has 1 rings (SSSR count). The summed E-state index contributed by atoms with van der Waals surface area (Å²) in [5.41, 5.74) is 0.374. The molecule has 4 nitrogen and oxygen atoms in total. The summed E-state index contributed by atoms with van der Waals surface area (Å²) in [6.45, 7) is 7.34. The number of carbonyl (C=O) groups excluding carboxylic acids is 1. The summed E-state index contributed by atoms with van der Waals surface area (Å²) >= 11 is 0. The van der Waals surface area contributed by atoms with Gasteiger partial charge in [-0.2, -0.15) is 0 Å². The van der Waals surface area contributed by atoms with Gasteiger partial charge in [0.2, 0.25) is 5.91 Å². The van der Waals surface area contributed by atoms with Crippen molar-refractivity contribution >= 4 is 15.9 Å². The Balaban J connectivity index is 2.91. The number of nitrogens with one attached hydrogen (secondary N) is 1. The molecule has 18 heavy (non-hydrogen) atoms. The zero-order valence-corrected chi connectivity index (χ0v) is 12.0. The Kier molecular flexibility index (Phi) is 4.16. The number of hydrogen-bond donors (Lipinski definition) is 1. The van der Waals surface area contributed by atoms with Gasteiger partial charge in [-0.3, -0.25) is 4.79 Å². The van der Waals surface area contributed by atoms with Gasteiger partial charge >= 0.3 is 0 Å². The highest BCUT2D eigenvalue weighted by atomic mass is 32.2. The molecule has 0 aliphatic rings. The molecule has 1 amide bonds. The van der Waals surface area contributed by atoms with Crippen LogP contribution in [-0.2, 0) is 14.8 Å². The van der Waals surface area contributed by atoms with Crippen molar-refractivity contribution in [2.24, 2.45) is 5.41 Å². The molecule has 1 aromatic rings. The summed E-state index contributed by atoms with van der Waals surface area (Å²) in [7, 11) is -3.76. The topological polar surface area (TPSA) is 63.2 Å². The lowest BCUT2D eigenvalue weighted by molar-refractivity contribution is -0.121. The van der Waals surface area contributed by atoms with E-state index in [-0.39, 0.29) is 16.7 Å². The van der Waals surface area contributed by atoms with Gasteiger partial charge in [0.25, 0.3) is 10.0 Å². The quantitative estimate of drug-likeness (QED) is 0.915. The first-order valence-electron chi connectivity index (χ1n) is 5.73. The third-order valence-electron chi connectivity index (χ3n) is 2.32. The largest absolute Gasteiger partial charge is 0.274 e. The fourth-order valence-electron chi connectivity index (χ4n) is 1.58. The van der Waals surface area contributed by atoms with Gasteiger partial charge in [0.15, 0.2) is 0 Å². The minimum Gasteiger partial charge on any atom is -0.274 e. The standard InChI is InChI=1S/C13H19NO3S/c1-10-7-5-6-8-11(10)18(16,17)14-12(15)9-13(2,3)4/h5-8H,9H2,1-4H3,(H,14,15). The molecule has 0 spiro atoms. The molecule has 1 N–H and O–H groups in total. The van der Waals surface area contributed by atoms with E-state index in [1.165, 1.54) is 6.07 Å². The van der Waals surface area contributed by atoms with Gasteiger partial charge in [-0.05, 0) is 24.0 Å². The second-order valence-electron chi connectivity index (χ2n) is 5.53. The Morgan fingerprint density at radius 3 is 2.28 bits per heavy atom. The van der Waals surface area contributed by atoms with Crippen LogP contribution in [0, 0.1) is 12.3 Å². The highest BCUT2D eigenvalue weighted by Gasteiger charge is 2.22. The number of rotatable bonds is 3. The van der Waals surface area contributed by atoms with E-state index in [4.69, 9.17) is 0 Å². The second-order valence-corrected chi connectivity index (χ2v) is 7.18. The van der Waals surface area contributed by atoms with Gasteiger partial charge in [0.05, 0.1) is 4.90 Å². The van der Waals surface area contributed by atoms with Crippen molar-refractivity contribution < 1.29 is 13.2 Å². The van der Waals surface area contributed by atoms with Gasteiger partial charge in [-0.25, -0.2) is 13.1 Å². The molecule has 0 saturated heterocycles. The fourth-order valence-corrected chi connectivity index (χ4v) is 2.81. The Hall–Kier alpha value is -1.36. The summed E-state index contributed by atoms with van der Waals surface area (Å²) in [4.78, 5) is 11.8. The Labute approximate surface area is 108 Å². The molecule has 0 atom stereocenters. The van der Waals surface area contributed by atoms with Crippen LogP contribution in [0.1, 0.15) is 32.8 Å². The molecule has 0 radical (unpaired) electrons. The van der Waals surface area contributed by atoms with E-state index in [0.29, 0.717) is 5.56 Å². The zero-order chi connectivity index (χ0) is 14.0. The van der Waals surface area contributed by atoms with Gasteiger partial charge < -0.3 is 0 Å². The maximum absolute atomic E-state index is 12.0. The Morgan fingerprint density at radius 1 is 1.22 bits per heavy atom. The molecule has 0 saturated carbocycles. The van der Waals surface area contributed by atoms with Crippen LogP contribution in [0.15, 0.2) is 29.2 Å². The van der Waals surface area contributed by atoms with Crippen molar-refractivity contribution in [3.8, 4) is 0 Å². The molecule has 0 aliphatic carbocycles. The van der Waals surface area contributed by atoms with Crippen molar-refractivity contribution in [3.05, 3.63) is 29.8 Å². The third-order valence-corrected chi connectivity index (χ3v) is 3.86. The van der Waals surface area contributed by atoms with Crippen molar-refractivity contribution in [1.29, 1.82) is 0 Å². The predicted molar refractivity (Wildman–Crippen MR) is 70.6 cm³/mol. The highest BCUT2D eigenvalue weighted by molar-refractivity contribution is 7.90. The normalized spacial score (nSPS) is 12.2. The average molecular weight is 269 g/mol. The van der Waals surface area contributed by atoms with Gasteiger partial charge in [0, 0.05) is 6.42 Å². The van der Waals surface area contributed by atoms with E-state index in [1.54, 1.807) is 25.1 Å². The number of benzene rings is 1. The third kappa shape index (κ3) is 4.14. The molecule has 0 fully saturated rings.